The van der Waals surface area contributed by atoms with E-state index in [2.05, 4.69) is 19.9 Å². The Hall–Kier alpha value is -0.340. The molecule has 0 aliphatic heterocycles. The van der Waals surface area contributed by atoms with Crippen molar-refractivity contribution in [3.63, 3.8) is 0 Å². The van der Waals surface area contributed by atoms with Gasteiger partial charge in [-0.3, -0.25) is 0 Å². The Morgan fingerprint density at radius 3 is 2.69 bits per heavy atom. The molecule has 0 amide bonds. The Balaban J connectivity index is 3.90. The molecule has 1 atom stereocenters. The van der Waals surface area contributed by atoms with E-state index in [0.717, 1.165) is 12.8 Å². The van der Waals surface area contributed by atoms with Crippen LogP contribution in [0.1, 0.15) is 39.5 Å². The Bertz CT molecular complexity index is 141. The lowest BCUT2D eigenvalue weighted by Gasteiger charge is -2.15. The highest BCUT2D eigenvalue weighted by Gasteiger charge is 2.07. The molecule has 1 unspecified atom stereocenters. The van der Waals surface area contributed by atoms with E-state index in [1.807, 2.05) is 0 Å². The van der Waals surface area contributed by atoms with Gasteiger partial charge < -0.3 is 9.84 Å². The maximum atomic E-state index is 8.66. The van der Waals surface area contributed by atoms with Crippen LogP contribution in [0.5, 0.6) is 0 Å². The van der Waals surface area contributed by atoms with Gasteiger partial charge in [-0.2, -0.15) is 0 Å². The number of ether oxygens (including phenoxy) is 1. The third-order valence-electron chi connectivity index (χ3n) is 2.21. The van der Waals surface area contributed by atoms with Crippen LogP contribution >= 0.6 is 0 Å². The molecule has 0 aromatic heterocycles. The highest BCUT2D eigenvalue weighted by molar-refractivity contribution is 5.04. The second kappa shape index (κ2) is 8.27. The van der Waals surface area contributed by atoms with Crippen molar-refractivity contribution in [1.29, 1.82) is 0 Å². The van der Waals surface area contributed by atoms with Crippen molar-refractivity contribution in [2.75, 3.05) is 13.7 Å². The molecule has 1 N–H and O–H groups in total. The second-order valence-corrected chi connectivity index (χ2v) is 3.33. The Labute approximate surface area is 81.6 Å². The lowest BCUT2D eigenvalue weighted by Crippen LogP contribution is -2.11. The number of unbranched alkanes of at least 4 members (excludes halogenated alkanes) is 1. The number of aliphatic hydroxyl groups excluding tert-OH is 1. The highest BCUT2D eigenvalue weighted by atomic mass is 16.5. The molecule has 0 bridgehead atoms. The molecule has 0 rings (SSSR count). The van der Waals surface area contributed by atoms with Gasteiger partial charge in [0.2, 0.25) is 0 Å². The first kappa shape index (κ1) is 12.7. The van der Waals surface area contributed by atoms with Gasteiger partial charge in [0.1, 0.15) is 0 Å². The SMILES string of the molecule is CCCCC(OC)C(C)=CCCO. The van der Waals surface area contributed by atoms with E-state index in [1.165, 1.54) is 18.4 Å². The number of hydrogen-bond donors (Lipinski definition) is 1. The molecule has 0 fully saturated rings. The van der Waals surface area contributed by atoms with Crippen LogP contribution in [0.15, 0.2) is 11.6 Å². The summed E-state index contributed by atoms with van der Waals surface area (Å²) in [6, 6.07) is 0. The fourth-order valence-corrected chi connectivity index (χ4v) is 1.34. The lowest BCUT2D eigenvalue weighted by molar-refractivity contribution is 0.121. The third-order valence-corrected chi connectivity index (χ3v) is 2.21. The van der Waals surface area contributed by atoms with E-state index >= 15 is 0 Å². The van der Waals surface area contributed by atoms with Crippen molar-refractivity contribution in [2.24, 2.45) is 0 Å². The predicted molar refractivity (Wildman–Crippen MR) is 55.8 cm³/mol. The molecule has 13 heavy (non-hydrogen) atoms. The molecule has 0 aromatic rings. The zero-order valence-electron chi connectivity index (χ0n) is 9.05. The van der Waals surface area contributed by atoms with E-state index in [0.29, 0.717) is 0 Å². The fourth-order valence-electron chi connectivity index (χ4n) is 1.34. The van der Waals surface area contributed by atoms with E-state index in [-0.39, 0.29) is 12.7 Å². The second-order valence-electron chi connectivity index (χ2n) is 3.33. The Kier molecular flexibility index (Phi) is 8.05. The van der Waals surface area contributed by atoms with E-state index in [1.54, 1.807) is 7.11 Å². The number of methoxy groups -OCH3 is 1. The first-order chi connectivity index (χ1) is 6.26. The summed E-state index contributed by atoms with van der Waals surface area (Å²) in [5, 5.41) is 8.66. The quantitative estimate of drug-likeness (QED) is 0.619. The van der Waals surface area contributed by atoms with E-state index in [4.69, 9.17) is 9.84 Å². The van der Waals surface area contributed by atoms with Crippen LogP contribution in [-0.4, -0.2) is 24.9 Å². The monoisotopic (exact) mass is 186 g/mol. The molecule has 0 heterocycles. The maximum Gasteiger partial charge on any atom is 0.0778 e. The number of rotatable bonds is 7. The predicted octanol–water partition coefficient (Wildman–Crippen LogP) is 2.52. The normalized spacial score (nSPS) is 14.6. The summed E-state index contributed by atoms with van der Waals surface area (Å²) in [6.07, 6.45) is 6.52. The van der Waals surface area contributed by atoms with Gasteiger partial charge in [0.05, 0.1) is 6.10 Å². The van der Waals surface area contributed by atoms with E-state index in [9.17, 15) is 0 Å². The first-order valence-corrected chi connectivity index (χ1v) is 5.06. The van der Waals surface area contributed by atoms with Gasteiger partial charge in [0.25, 0.3) is 0 Å². The van der Waals surface area contributed by atoms with Gasteiger partial charge in [-0.15, -0.1) is 0 Å². The molecule has 2 nitrogen and oxygen atoms in total. The summed E-state index contributed by atoms with van der Waals surface area (Å²) in [4.78, 5) is 0. The highest BCUT2D eigenvalue weighted by Crippen LogP contribution is 2.13. The third kappa shape index (κ3) is 5.83. The minimum atomic E-state index is 0.224. The van der Waals surface area contributed by atoms with Crippen LogP contribution in [0.4, 0.5) is 0 Å². The van der Waals surface area contributed by atoms with Crippen LogP contribution in [0.3, 0.4) is 0 Å². The Morgan fingerprint density at radius 2 is 2.23 bits per heavy atom. The average molecular weight is 186 g/mol. The molecule has 0 aliphatic rings. The number of hydrogen-bond acceptors (Lipinski definition) is 2. The van der Waals surface area contributed by atoms with Gasteiger partial charge in [0.15, 0.2) is 0 Å². The van der Waals surface area contributed by atoms with Crippen molar-refractivity contribution >= 4 is 0 Å². The van der Waals surface area contributed by atoms with Crippen molar-refractivity contribution in [1.82, 2.24) is 0 Å². The van der Waals surface area contributed by atoms with Crippen molar-refractivity contribution < 1.29 is 9.84 Å². The fraction of sp³-hybridized carbons (Fsp3) is 0.818. The van der Waals surface area contributed by atoms with Crippen molar-refractivity contribution in [3.8, 4) is 0 Å². The van der Waals surface area contributed by atoms with Gasteiger partial charge in [-0.05, 0) is 25.3 Å². The largest absolute Gasteiger partial charge is 0.396 e. The lowest BCUT2D eigenvalue weighted by atomic mass is 10.0. The van der Waals surface area contributed by atoms with Gasteiger partial charge in [-0.1, -0.05) is 25.8 Å². The molecule has 0 saturated carbocycles. The summed E-state index contributed by atoms with van der Waals surface area (Å²) >= 11 is 0. The van der Waals surface area contributed by atoms with Crippen LogP contribution in [-0.2, 0) is 4.74 Å². The first-order valence-electron chi connectivity index (χ1n) is 5.06. The smallest absolute Gasteiger partial charge is 0.0778 e. The minimum Gasteiger partial charge on any atom is -0.396 e. The molecule has 0 spiro atoms. The summed E-state index contributed by atoms with van der Waals surface area (Å²) in [6.45, 7) is 4.47. The summed E-state index contributed by atoms with van der Waals surface area (Å²) in [5.41, 5.74) is 1.24. The maximum absolute atomic E-state index is 8.66. The van der Waals surface area contributed by atoms with E-state index < -0.39 is 0 Å². The van der Waals surface area contributed by atoms with Crippen molar-refractivity contribution in [3.05, 3.63) is 11.6 Å². The minimum absolute atomic E-state index is 0.224. The summed E-state index contributed by atoms with van der Waals surface area (Å²) < 4.78 is 5.36. The molecule has 78 valence electrons. The van der Waals surface area contributed by atoms with Crippen LogP contribution in [0, 0.1) is 0 Å². The topological polar surface area (TPSA) is 29.5 Å². The van der Waals surface area contributed by atoms with Gasteiger partial charge in [-0.25, -0.2) is 0 Å². The molecular weight excluding hydrogens is 164 g/mol. The van der Waals surface area contributed by atoms with Crippen LogP contribution < -0.4 is 0 Å². The molecular formula is C11H22O2. The van der Waals surface area contributed by atoms with Crippen LogP contribution in [0.2, 0.25) is 0 Å². The van der Waals surface area contributed by atoms with Gasteiger partial charge in [0, 0.05) is 13.7 Å². The average Bonchev–Trinajstić information content (AvgIpc) is 2.16. The molecule has 2 heteroatoms. The standard InChI is InChI=1S/C11H22O2/c1-4-5-8-11(13-3)10(2)7-6-9-12/h7,11-12H,4-6,8-9H2,1-3H3. The number of aliphatic hydroxyl groups is 1. The zero-order chi connectivity index (χ0) is 10.1. The molecule has 0 saturated heterocycles. The summed E-state index contributed by atoms with van der Waals surface area (Å²) in [5.74, 6) is 0. The van der Waals surface area contributed by atoms with Crippen LogP contribution in [0.25, 0.3) is 0 Å². The molecule has 0 radical (unpaired) electrons. The zero-order valence-corrected chi connectivity index (χ0v) is 9.05. The van der Waals surface area contributed by atoms with Gasteiger partial charge >= 0.3 is 0 Å². The Morgan fingerprint density at radius 1 is 1.54 bits per heavy atom. The van der Waals surface area contributed by atoms with Crippen molar-refractivity contribution in [2.45, 2.75) is 45.6 Å². The molecule has 0 aromatic carbocycles. The molecule has 0 aliphatic carbocycles. The summed E-state index contributed by atoms with van der Waals surface area (Å²) in [7, 11) is 1.75.